The number of carbonyl (C=O) groups is 1. The summed E-state index contributed by atoms with van der Waals surface area (Å²) in [4.78, 5) is 14.3. The summed E-state index contributed by atoms with van der Waals surface area (Å²) in [5, 5.41) is 9.45. The van der Waals surface area contributed by atoms with Gasteiger partial charge in [-0.15, -0.1) is 0 Å². The first-order valence-electron chi connectivity index (χ1n) is 6.60. The Bertz CT molecular complexity index is 261. The van der Waals surface area contributed by atoms with E-state index in [2.05, 4.69) is 0 Å². The number of aliphatic hydroxyl groups is 1. The first-order chi connectivity index (χ1) is 7.67. The van der Waals surface area contributed by atoms with E-state index in [0.29, 0.717) is 5.91 Å². The van der Waals surface area contributed by atoms with Gasteiger partial charge in [0.15, 0.2) is 0 Å². The van der Waals surface area contributed by atoms with Crippen molar-refractivity contribution in [3.63, 3.8) is 0 Å². The van der Waals surface area contributed by atoms with E-state index >= 15 is 0 Å². The summed E-state index contributed by atoms with van der Waals surface area (Å²) < 4.78 is 0. The third kappa shape index (κ3) is 2.10. The molecule has 1 saturated heterocycles. The highest BCUT2D eigenvalue weighted by molar-refractivity contribution is 5.80. The molecule has 2 aliphatic rings. The van der Waals surface area contributed by atoms with Gasteiger partial charge < -0.3 is 10.0 Å². The summed E-state index contributed by atoms with van der Waals surface area (Å²) in [5.41, 5.74) is -0.283. The van der Waals surface area contributed by atoms with Crippen molar-refractivity contribution in [3.05, 3.63) is 0 Å². The molecule has 0 radical (unpaired) electrons. The Morgan fingerprint density at radius 2 is 2.00 bits per heavy atom. The fourth-order valence-electron chi connectivity index (χ4n) is 3.13. The Kier molecular flexibility index (Phi) is 3.53. The number of amides is 1. The standard InChI is InChI=1S/C13H23NO2/c1-13(10-15)8-5-9-14(13)12(16)11-6-3-2-4-7-11/h11,15H,2-10H2,1H3. The van der Waals surface area contributed by atoms with Crippen LogP contribution in [0.5, 0.6) is 0 Å². The number of aliphatic hydroxyl groups excluding tert-OH is 1. The molecule has 1 atom stereocenters. The van der Waals surface area contributed by atoms with Crippen LogP contribution in [0.15, 0.2) is 0 Å². The minimum Gasteiger partial charge on any atom is -0.394 e. The SMILES string of the molecule is CC1(CO)CCCN1C(=O)C1CCCCC1. The second-order valence-electron chi connectivity index (χ2n) is 5.58. The van der Waals surface area contributed by atoms with Crippen LogP contribution in [0, 0.1) is 5.92 Å². The molecule has 1 unspecified atom stereocenters. The highest BCUT2D eigenvalue weighted by Gasteiger charge is 2.41. The predicted octanol–water partition coefficient (Wildman–Crippen LogP) is 1.94. The monoisotopic (exact) mass is 225 g/mol. The molecule has 0 aromatic heterocycles. The minimum atomic E-state index is -0.283. The van der Waals surface area contributed by atoms with Crippen molar-refractivity contribution in [1.82, 2.24) is 4.90 Å². The van der Waals surface area contributed by atoms with E-state index in [1.54, 1.807) is 0 Å². The zero-order valence-corrected chi connectivity index (χ0v) is 10.2. The van der Waals surface area contributed by atoms with Crippen molar-refractivity contribution in [2.24, 2.45) is 5.92 Å². The molecular formula is C13H23NO2. The van der Waals surface area contributed by atoms with Gasteiger partial charge in [-0.1, -0.05) is 19.3 Å². The van der Waals surface area contributed by atoms with Crippen LogP contribution in [0.3, 0.4) is 0 Å². The molecule has 0 aromatic carbocycles. The molecule has 3 heteroatoms. The zero-order valence-electron chi connectivity index (χ0n) is 10.2. The van der Waals surface area contributed by atoms with E-state index in [1.807, 2.05) is 11.8 Å². The Morgan fingerprint density at radius 3 is 2.62 bits per heavy atom. The normalized spacial score (nSPS) is 32.0. The Balaban J connectivity index is 2.03. The van der Waals surface area contributed by atoms with E-state index in [9.17, 15) is 9.90 Å². The minimum absolute atomic E-state index is 0.103. The number of likely N-dealkylation sites (tertiary alicyclic amines) is 1. The Labute approximate surface area is 97.8 Å². The van der Waals surface area contributed by atoms with Crippen LogP contribution in [0.4, 0.5) is 0 Å². The molecule has 0 bridgehead atoms. The lowest BCUT2D eigenvalue weighted by molar-refractivity contribution is -0.141. The second-order valence-corrected chi connectivity index (χ2v) is 5.58. The maximum absolute atomic E-state index is 12.4. The summed E-state index contributed by atoms with van der Waals surface area (Å²) in [6, 6.07) is 0. The molecule has 1 aliphatic heterocycles. The van der Waals surface area contributed by atoms with Gasteiger partial charge in [0.05, 0.1) is 12.1 Å². The van der Waals surface area contributed by atoms with E-state index < -0.39 is 0 Å². The molecule has 0 aromatic rings. The van der Waals surface area contributed by atoms with Gasteiger partial charge in [-0.25, -0.2) is 0 Å². The topological polar surface area (TPSA) is 40.5 Å². The van der Waals surface area contributed by atoms with Crippen LogP contribution in [0.1, 0.15) is 51.9 Å². The van der Waals surface area contributed by atoms with Crippen LogP contribution in [-0.4, -0.2) is 34.6 Å². The Hall–Kier alpha value is -0.570. The highest BCUT2D eigenvalue weighted by atomic mass is 16.3. The summed E-state index contributed by atoms with van der Waals surface area (Å²) >= 11 is 0. The van der Waals surface area contributed by atoms with Gasteiger partial charge >= 0.3 is 0 Å². The van der Waals surface area contributed by atoms with Crippen molar-refractivity contribution in [2.45, 2.75) is 57.4 Å². The smallest absolute Gasteiger partial charge is 0.226 e. The number of nitrogens with zero attached hydrogens (tertiary/aromatic N) is 1. The summed E-state index contributed by atoms with van der Waals surface area (Å²) in [5.74, 6) is 0.534. The lowest BCUT2D eigenvalue weighted by Crippen LogP contribution is -2.50. The molecule has 2 rings (SSSR count). The maximum atomic E-state index is 12.4. The lowest BCUT2D eigenvalue weighted by Gasteiger charge is -2.37. The summed E-state index contributed by atoms with van der Waals surface area (Å²) in [6.45, 7) is 2.96. The quantitative estimate of drug-likeness (QED) is 0.780. The molecule has 1 amide bonds. The first kappa shape index (κ1) is 11.9. The average Bonchev–Trinajstić information content (AvgIpc) is 2.72. The fraction of sp³-hybridized carbons (Fsp3) is 0.923. The van der Waals surface area contributed by atoms with Crippen LogP contribution >= 0.6 is 0 Å². The van der Waals surface area contributed by atoms with Gasteiger partial charge in [-0.05, 0) is 32.6 Å². The molecular weight excluding hydrogens is 202 g/mol. The van der Waals surface area contributed by atoms with Gasteiger partial charge in [-0.2, -0.15) is 0 Å². The Morgan fingerprint density at radius 1 is 1.31 bits per heavy atom. The number of hydrogen-bond acceptors (Lipinski definition) is 2. The third-order valence-corrected chi connectivity index (χ3v) is 4.31. The van der Waals surface area contributed by atoms with Gasteiger partial charge in [0, 0.05) is 12.5 Å². The first-order valence-corrected chi connectivity index (χ1v) is 6.60. The maximum Gasteiger partial charge on any atom is 0.226 e. The number of rotatable bonds is 2. The van der Waals surface area contributed by atoms with Gasteiger partial charge in [0.2, 0.25) is 5.91 Å². The summed E-state index contributed by atoms with van der Waals surface area (Å²) in [7, 11) is 0. The zero-order chi connectivity index (χ0) is 11.6. The number of carbonyl (C=O) groups excluding carboxylic acids is 1. The van der Waals surface area contributed by atoms with E-state index in [0.717, 1.165) is 32.2 Å². The van der Waals surface area contributed by atoms with Gasteiger partial charge in [0.1, 0.15) is 0 Å². The second kappa shape index (κ2) is 4.74. The van der Waals surface area contributed by atoms with Crippen LogP contribution < -0.4 is 0 Å². The molecule has 92 valence electrons. The van der Waals surface area contributed by atoms with Gasteiger partial charge in [-0.3, -0.25) is 4.79 Å². The van der Waals surface area contributed by atoms with Crippen molar-refractivity contribution in [2.75, 3.05) is 13.2 Å². The predicted molar refractivity (Wildman–Crippen MR) is 63.0 cm³/mol. The van der Waals surface area contributed by atoms with Crippen LogP contribution in [0.25, 0.3) is 0 Å². The largest absolute Gasteiger partial charge is 0.394 e. The van der Waals surface area contributed by atoms with Crippen molar-refractivity contribution in [1.29, 1.82) is 0 Å². The van der Waals surface area contributed by atoms with E-state index in [4.69, 9.17) is 0 Å². The fourth-order valence-corrected chi connectivity index (χ4v) is 3.13. The molecule has 1 aliphatic carbocycles. The van der Waals surface area contributed by atoms with Crippen LogP contribution in [0.2, 0.25) is 0 Å². The summed E-state index contributed by atoms with van der Waals surface area (Å²) in [6.07, 6.45) is 7.76. The third-order valence-electron chi connectivity index (χ3n) is 4.31. The van der Waals surface area contributed by atoms with E-state index in [1.165, 1.54) is 19.3 Å². The molecule has 2 fully saturated rings. The molecule has 1 N–H and O–H groups in total. The van der Waals surface area contributed by atoms with E-state index in [-0.39, 0.29) is 18.1 Å². The van der Waals surface area contributed by atoms with Gasteiger partial charge in [0.25, 0.3) is 0 Å². The highest BCUT2D eigenvalue weighted by Crippen LogP contribution is 2.33. The number of hydrogen-bond donors (Lipinski definition) is 1. The lowest BCUT2D eigenvalue weighted by atomic mass is 9.87. The molecule has 0 spiro atoms. The average molecular weight is 225 g/mol. The van der Waals surface area contributed by atoms with Crippen molar-refractivity contribution in [3.8, 4) is 0 Å². The van der Waals surface area contributed by atoms with Crippen molar-refractivity contribution >= 4 is 5.91 Å². The van der Waals surface area contributed by atoms with Crippen molar-refractivity contribution < 1.29 is 9.90 Å². The molecule has 16 heavy (non-hydrogen) atoms. The molecule has 1 saturated carbocycles. The van der Waals surface area contributed by atoms with Crippen LogP contribution in [-0.2, 0) is 4.79 Å². The molecule has 1 heterocycles. The molecule has 3 nitrogen and oxygen atoms in total.